The van der Waals surface area contributed by atoms with Crippen molar-refractivity contribution in [3.63, 3.8) is 0 Å². The third kappa shape index (κ3) is 2.28. The van der Waals surface area contributed by atoms with Crippen LogP contribution in [0.1, 0.15) is 10.5 Å². The van der Waals surface area contributed by atoms with Gasteiger partial charge in [-0.15, -0.1) is 0 Å². The summed E-state index contributed by atoms with van der Waals surface area (Å²) in [6.45, 7) is 0. The van der Waals surface area contributed by atoms with Crippen molar-refractivity contribution < 1.29 is 9.53 Å². The Morgan fingerprint density at radius 2 is 2.24 bits per heavy atom. The van der Waals surface area contributed by atoms with E-state index in [1.165, 1.54) is 0 Å². The maximum Gasteiger partial charge on any atom is 0.269 e. The van der Waals surface area contributed by atoms with E-state index in [2.05, 4.69) is 15.5 Å². The highest BCUT2D eigenvalue weighted by molar-refractivity contribution is 5.93. The van der Waals surface area contributed by atoms with Crippen molar-refractivity contribution in [2.75, 3.05) is 14.2 Å². The van der Waals surface area contributed by atoms with Crippen LogP contribution in [0.15, 0.2) is 30.3 Å². The fraction of sp³-hybridized carbons (Fsp3) is 0.167. The molecule has 0 aliphatic rings. The minimum atomic E-state index is -0.188. The highest BCUT2D eigenvalue weighted by Crippen LogP contribution is 2.22. The standard InChI is InChI=1S/C12H13N3O2/c1-13-12(16)11-7-10(14-15-11)8-4-3-5-9(6-8)17-2/h3-7H,1-2H3,(H,13,16)(H,14,15). The van der Waals surface area contributed by atoms with Crippen molar-refractivity contribution in [1.82, 2.24) is 15.5 Å². The molecule has 0 radical (unpaired) electrons. The molecule has 2 N–H and O–H groups in total. The minimum absolute atomic E-state index is 0.188. The predicted molar refractivity (Wildman–Crippen MR) is 64.0 cm³/mol. The lowest BCUT2D eigenvalue weighted by Gasteiger charge is -2.00. The van der Waals surface area contributed by atoms with Crippen molar-refractivity contribution in [1.29, 1.82) is 0 Å². The average molecular weight is 231 g/mol. The highest BCUT2D eigenvalue weighted by atomic mass is 16.5. The Kier molecular flexibility index (Phi) is 3.09. The summed E-state index contributed by atoms with van der Waals surface area (Å²) in [4.78, 5) is 11.4. The van der Waals surface area contributed by atoms with Gasteiger partial charge in [-0.3, -0.25) is 9.89 Å². The van der Waals surface area contributed by atoms with E-state index in [-0.39, 0.29) is 5.91 Å². The lowest BCUT2D eigenvalue weighted by molar-refractivity contribution is 0.0958. The quantitative estimate of drug-likeness (QED) is 0.840. The molecule has 2 rings (SSSR count). The maximum absolute atomic E-state index is 11.4. The molecule has 0 spiro atoms. The van der Waals surface area contributed by atoms with E-state index in [9.17, 15) is 4.79 Å². The Labute approximate surface area is 98.8 Å². The molecule has 0 saturated heterocycles. The fourth-order valence-corrected chi connectivity index (χ4v) is 1.50. The Hall–Kier alpha value is -2.30. The number of aromatic amines is 1. The zero-order valence-electron chi connectivity index (χ0n) is 9.65. The monoisotopic (exact) mass is 231 g/mol. The molecule has 0 bridgehead atoms. The first kappa shape index (κ1) is 11.2. The van der Waals surface area contributed by atoms with E-state index in [0.29, 0.717) is 11.4 Å². The summed E-state index contributed by atoms with van der Waals surface area (Å²) in [5.41, 5.74) is 2.04. The topological polar surface area (TPSA) is 67.0 Å². The van der Waals surface area contributed by atoms with Crippen LogP contribution in [0, 0.1) is 0 Å². The first-order valence-electron chi connectivity index (χ1n) is 5.16. The third-order valence-corrected chi connectivity index (χ3v) is 2.42. The third-order valence-electron chi connectivity index (χ3n) is 2.42. The molecule has 0 unspecified atom stereocenters. The van der Waals surface area contributed by atoms with E-state index in [1.54, 1.807) is 20.2 Å². The SMILES string of the molecule is CNC(=O)c1cc(-c2cccc(OC)c2)n[nH]1. The summed E-state index contributed by atoms with van der Waals surface area (Å²) in [5.74, 6) is 0.568. The summed E-state index contributed by atoms with van der Waals surface area (Å²) < 4.78 is 5.13. The molecular weight excluding hydrogens is 218 g/mol. The molecule has 1 heterocycles. The number of H-pyrrole nitrogens is 1. The van der Waals surface area contributed by atoms with E-state index >= 15 is 0 Å². The number of carbonyl (C=O) groups is 1. The van der Waals surface area contributed by atoms with Crippen LogP contribution in [-0.2, 0) is 0 Å². The summed E-state index contributed by atoms with van der Waals surface area (Å²) in [6, 6.07) is 9.21. The molecule has 1 aromatic heterocycles. The molecule has 0 saturated carbocycles. The molecule has 1 amide bonds. The molecule has 0 aliphatic carbocycles. The van der Waals surface area contributed by atoms with Crippen molar-refractivity contribution in [2.45, 2.75) is 0 Å². The lowest BCUT2D eigenvalue weighted by atomic mass is 10.1. The number of aromatic nitrogens is 2. The van der Waals surface area contributed by atoms with Gasteiger partial charge in [-0.2, -0.15) is 5.10 Å². The van der Waals surface area contributed by atoms with Crippen LogP contribution in [0.25, 0.3) is 11.3 Å². The number of carbonyl (C=O) groups excluding carboxylic acids is 1. The first-order valence-corrected chi connectivity index (χ1v) is 5.16. The number of ether oxygens (including phenoxy) is 1. The van der Waals surface area contributed by atoms with Gasteiger partial charge in [-0.05, 0) is 18.2 Å². The molecule has 1 aromatic carbocycles. The maximum atomic E-state index is 11.4. The van der Waals surface area contributed by atoms with Gasteiger partial charge in [0.1, 0.15) is 11.4 Å². The van der Waals surface area contributed by atoms with Gasteiger partial charge in [0, 0.05) is 12.6 Å². The van der Waals surface area contributed by atoms with Gasteiger partial charge in [0.15, 0.2) is 0 Å². The molecule has 0 aliphatic heterocycles. The zero-order valence-corrected chi connectivity index (χ0v) is 9.65. The van der Waals surface area contributed by atoms with Gasteiger partial charge >= 0.3 is 0 Å². The molecule has 5 heteroatoms. The highest BCUT2D eigenvalue weighted by Gasteiger charge is 2.09. The van der Waals surface area contributed by atoms with Gasteiger partial charge in [0.05, 0.1) is 12.8 Å². The Morgan fingerprint density at radius 3 is 2.94 bits per heavy atom. The van der Waals surface area contributed by atoms with Crippen molar-refractivity contribution in [2.24, 2.45) is 0 Å². The van der Waals surface area contributed by atoms with Crippen LogP contribution >= 0.6 is 0 Å². The number of benzene rings is 1. The predicted octanol–water partition coefficient (Wildman–Crippen LogP) is 1.44. The normalized spacial score (nSPS) is 10.0. The van der Waals surface area contributed by atoms with Crippen LogP contribution in [0.5, 0.6) is 5.75 Å². The van der Waals surface area contributed by atoms with E-state index < -0.39 is 0 Å². The van der Waals surface area contributed by atoms with Gasteiger partial charge in [0.2, 0.25) is 0 Å². The number of methoxy groups -OCH3 is 1. The number of nitrogens with one attached hydrogen (secondary N) is 2. The second kappa shape index (κ2) is 4.69. The van der Waals surface area contributed by atoms with Crippen molar-refractivity contribution >= 4 is 5.91 Å². The molecule has 2 aromatic rings. The van der Waals surface area contributed by atoms with Crippen molar-refractivity contribution in [3.05, 3.63) is 36.0 Å². The first-order chi connectivity index (χ1) is 8.24. The number of rotatable bonds is 3. The van der Waals surface area contributed by atoms with Crippen LogP contribution in [0.2, 0.25) is 0 Å². The molecule has 5 nitrogen and oxygen atoms in total. The average Bonchev–Trinajstić information content (AvgIpc) is 2.87. The van der Waals surface area contributed by atoms with Crippen LogP contribution in [0.4, 0.5) is 0 Å². The molecule has 0 atom stereocenters. The van der Waals surface area contributed by atoms with E-state index in [4.69, 9.17) is 4.74 Å². The summed E-state index contributed by atoms with van der Waals surface area (Å²) in [5, 5.41) is 9.31. The Balaban J connectivity index is 2.33. The van der Waals surface area contributed by atoms with Gasteiger partial charge < -0.3 is 10.1 Å². The van der Waals surface area contributed by atoms with Crippen LogP contribution in [0.3, 0.4) is 0 Å². The van der Waals surface area contributed by atoms with Gasteiger partial charge in [0.25, 0.3) is 5.91 Å². The fourth-order valence-electron chi connectivity index (χ4n) is 1.50. The van der Waals surface area contributed by atoms with E-state index in [1.807, 2.05) is 24.3 Å². The Bertz CT molecular complexity index is 534. The second-order valence-corrected chi connectivity index (χ2v) is 3.48. The summed E-state index contributed by atoms with van der Waals surface area (Å²) in [7, 11) is 3.19. The van der Waals surface area contributed by atoms with Gasteiger partial charge in [-0.1, -0.05) is 12.1 Å². The molecular formula is C12H13N3O2. The smallest absolute Gasteiger partial charge is 0.269 e. The second-order valence-electron chi connectivity index (χ2n) is 3.48. The molecule has 0 fully saturated rings. The number of nitrogens with zero attached hydrogens (tertiary/aromatic N) is 1. The van der Waals surface area contributed by atoms with Crippen LogP contribution < -0.4 is 10.1 Å². The minimum Gasteiger partial charge on any atom is -0.497 e. The Morgan fingerprint density at radius 1 is 1.41 bits per heavy atom. The number of hydrogen-bond donors (Lipinski definition) is 2. The number of amides is 1. The summed E-state index contributed by atoms with van der Waals surface area (Å²) in [6.07, 6.45) is 0. The van der Waals surface area contributed by atoms with Crippen LogP contribution in [-0.4, -0.2) is 30.3 Å². The lowest BCUT2D eigenvalue weighted by Crippen LogP contribution is -2.17. The molecule has 88 valence electrons. The van der Waals surface area contributed by atoms with Crippen molar-refractivity contribution in [3.8, 4) is 17.0 Å². The number of hydrogen-bond acceptors (Lipinski definition) is 3. The molecule has 17 heavy (non-hydrogen) atoms. The zero-order chi connectivity index (χ0) is 12.3. The van der Waals surface area contributed by atoms with Gasteiger partial charge in [-0.25, -0.2) is 0 Å². The van der Waals surface area contributed by atoms with E-state index in [0.717, 1.165) is 11.3 Å². The largest absolute Gasteiger partial charge is 0.497 e. The summed E-state index contributed by atoms with van der Waals surface area (Å²) >= 11 is 0.